The van der Waals surface area contributed by atoms with Crippen molar-refractivity contribution in [3.8, 4) is 0 Å². The molecule has 0 radical (unpaired) electrons. The lowest BCUT2D eigenvalue weighted by Crippen LogP contribution is -2.65. The highest BCUT2D eigenvalue weighted by Gasteiger charge is 2.48. The molecule has 62 heavy (non-hydrogen) atoms. The molecule has 1 aliphatic heterocycles. The number of ether oxygens (including phenoxy) is 3. The van der Waals surface area contributed by atoms with Crippen LogP contribution in [0, 0.1) is 0 Å². The third kappa shape index (κ3) is 30.0. The van der Waals surface area contributed by atoms with Gasteiger partial charge in [0.1, 0.15) is 18.3 Å². The summed E-state index contributed by atoms with van der Waals surface area (Å²) in [4.78, 5) is 51.9. The van der Waals surface area contributed by atoms with Gasteiger partial charge in [-0.05, 0) is 25.7 Å². The van der Waals surface area contributed by atoms with Gasteiger partial charge in [0, 0.05) is 6.42 Å². The van der Waals surface area contributed by atoms with E-state index in [1.165, 1.54) is 109 Å². The fourth-order valence-electron chi connectivity index (χ4n) is 8.54. The third-order valence-corrected chi connectivity index (χ3v) is 12.3. The number of aliphatic hydroxyl groups is 3. The average Bonchev–Trinajstić information content (AvgIpc) is 3.23. The zero-order valence-electron chi connectivity index (χ0n) is 39.6. The van der Waals surface area contributed by atoms with E-state index in [0.29, 0.717) is 19.3 Å². The number of unbranched alkanes of at least 4 members (excludes halogenated alkanes) is 26. The van der Waals surface area contributed by atoms with Crippen molar-refractivity contribution >= 4 is 23.8 Å². The van der Waals surface area contributed by atoms with Crippen molar-refractivity contribution in [3.63, 3.8) is 0 Å². The molecule has 12 heteroatoms. The Kier molecular flexibility index (Phi) is 36.4. The lowest BCUT2D eigenvalue weighted by Gasteiger charge is -2.44. The van der Waals surface area contributed by atoms with Gasteiger partial charge in [0.05, 0.1) is 44.1 Å². The second kappa shape index (κ2) is 39.1. The summed E-state index contributed by atoms with van der Waals surface area (Å²) < 4.78 is 17.5. The van der Waals surface area contributed by atoms with Crippen molar-refractivity contribution in [2.75, 3.05) is 6.61 Å². The zero-order chi connectivity index (χ0) is 45.6. The number of aliphatic carboxylic acids is 1. The molecule has 0 aliphatic carbocycles. The molecule has 1 heterocycles. The average molecular weight is 884 g/mol. The van der Waals surface area contributed by atoms with Crippen LogP contribution in [0.5, 0.6) is 0 Å². The van der Waals surface area contributed by atoms with Gasteiger partial charge in [0.2, 0.25) is 5.91 Å². The van der Waals surface area contributed by atoms with Crippen LogP contribution in [-0.4, -0.2) is 93.5 Å². The summed E-state index contributed by atoms with van der Waals surface area (Å²) in [5.41, 5.74) is 0. The summed E-state index contributed by atoms with van der Waals surface area (Å²) in [6.07, 6.45) is 25.6. The van der Waals surface area contributed by atoms with Gasteiger partial charge in [-0.3, -0.25) is 19.2 Å². The van der Waals surface area contributed by atoms with Crippen LogP contribution in [0.15, 0.2) is 0 Å². The number of carbonyl (C=O) groups is 4. The Morgan fingerprint density at radius 3 is 1.47 bits per heavy atom. The first-order valence-electron chi connectivity index (χ1n) is 25.6. The quantitative estimate of drug-likeness (QED) is 0.0290. The van der Waals surface area contributed by atoms with Crippen molar-refractivity contribution in [1.29, 1.82) is 0 Å². The van der Waals surface area contributed by atoms with Gasteiger partial charge in [-0.15, -0.1) is 0 Å². The maximum absolute atomic E-state index is 13.7. The number of nitrogens with one attached hydrogen (secondary N) is 1. The van der Waals surface area contributed by atoms with Crippen molar-refractivity contribution < 1.29 is 53.8 Å². The number of rotatable bonds is 42. The minimum atomic E-state index is -1.59. The molecular weight excluding hydrogens is 791 g/mol. The van der Waals surface area contributed by atoms with E-state index in [1.54, 1.807) is 0 Å². The van der Waals surface area contributed by atoms with Crippen molar-refractivity contribution in [2.24, 2.45) is 0 Å². The first-order chi connectivity index (χ1) is 30.1. The number of hydrogen-bond donors (Lipinski definition) is 5. The van der Waals surface area contributed by atoms with E-state index < -0.39 is 73.5 Å². The van der Waals surface area contributed by atoms with E-state index in [-0.39, 0.29) is 25.2 Å². The smallest absolute Gasteiger partial charge is 0.310 e. The van der Waals surface area contributed by atoms with Crippen molar-refractivity contribution in [1.82, 2.24) is 5.32 Å². The van der Waals surface area contributed by atoms with Crippen molar-refractivity contribution in [2.45, 2.75) is 288 Å². The topological polar surface area (TPSA) is 189 Å². The molecule has 0 bridgehead atoms. The van der Waals surface area contributed by atoms with Gasteiger partial charge in [0.15, 0.2) is 6.10 Å². The zero-order valence-corrected chi connectivity index (χ0v) is 39.6. The minimum absolute atomic E-state index is 0.257. The minimum Gasteiger partial charge on any atom is -0.481 e. The van der Waals surface area contributed by atoms with Gasteiger partial charge < -0.3 is 40.0 Å². The second-order valence-corrected chi connectivity index (χ2v) is 18.2. The molecule has 1 aliphatic rings. The summed E-state index contributed by atoms with van der Waals surface area (Å²) in [6.45, 7) is 5.95. The lowest BCUT2D eigenvalue weighted by molar-refractivity contribution is -0.214. The fourth-order valence-corrected chi connectivity index (χ4v) is 8.54. The van der Waals surface area contributed by atoms with E-state index in [2.05, 4.69) is 26.1 Å². The molecule has 0 aromatic rings. The number of carbonyl (C=O) groups excluding carboxylic acids is 3. The summed E-state index contributed by atoms with van der Waals surface area (Å²) in [6, 6.07) is -1.28. The normalized spacial score (nSPS) is 19.8. The van der Waals surface area contributed by atoms with Gasteiger partial charge in [0.25, 0.3) is 0 Å². The number of carboxylic acids is 1. The van der Waals surface area contributed by atoms with Gasteiger partial charge >= 0.3 is 17.9 Å². The Labute approximate surface area is 376 Å². The maximum Gasteiger partial charge on any atom is 0.310 e. The number of esters is 2. The summed E-state index contributed by atoms with van der Waals surface area (Å²) in [7, 11) is 0. The maximum atomic E-state index is 13.7. The highest BCUT2D eigenvalue weighted by Crippen LogP contribution is 2.27. The van der Waals surface area contributed by atoms with Crippen LogP contribution >= 0.6 is 0 Å². The highest BCUT2D eigenvalue weighted by atomic mass is 16.6. The Bertz CT molecular complexity index is 1120. The van der Waals surface area contributed by atoms with E-state index in [9.17, 15) is 39.6 Å². The van der Waals surface area contributed by atoms with E-state index in [4.69, 9.17) is 14.2 Å². The predicted octanol–water partition coefficient (Wildman–Crippen LogP) is 10.6. The molecule has 0 unspecified atom stereocenters. The van der Waals surface area contributed by atoms with Gasteiger partial charge in [-0.2, -0.15) is 0 Å². The Hall–Kier alpha value is -2.28. The molecule has 0 aromatic heterocycles. The summed E-state index contributed by atoms with van der Waals surface area (Å²) in [5.74, 6) is -3.00. The van der Waals surface area contributed by atoms with Crippen LogP contribution in [0.25, 0.3) is 0 Å². The number of hydrogen-bond acceptors (Lipinski definition) is 10. The number of aliphatic hydroxyl groups excluding tert-OH is 3. The van der Waals surface area contributed by atoms with Crippen LogP contribution in [0.4, 0.5) is 0 Å². The molecule has 5 N–H and O–H groups in total. The van der Waals surface area contributed by atoms with Crippen LogP contribution in [0.3, 0.4) is 0 Å². The summed E-state index contributed by atoms with van der Waals surface area (Å²) >= 11 is 0. The summed E-state index contributed by atoms with van der Waals surface area (Å²) in [5, 5.41) is 44.3. The van der Waals surface area contributed by atoms with Crippen LogP contribution in [0.2, 0.25) is 0 Å². The Balaban J connectivity index is 2.88. The number of amides is 1. The molecule has 0 spiro atoms. The fraction of sp³-hybridized carbons (Fsp3) is 0.920. The molecule has 1 amide bonds. The van der Waals surface area contributed by atoms with Crippen LogP contribution in [-0.2, 0) is 33.4 Å². The monoisotopic (exact) mass is 884 g/mol. The highest BCUT2D eigenvalue weighted by molar-refractivity contribution is 5.77. The number of carboxylic acid groups (broad SMARTS) is 1. The Morgan fingerprint density at radius 1 is 0.581 bits per heavy atom. The SMILES string of the molecule is CCCCCCCCCCCCCC(=O)O[C@H](CCCCCCCCCCC)CC(=O)O[C@H]1[C@H](O)[C@H](CO)O[C@H](CC(=O)O)[C@@H]1NC(=O)C[C@H](O)CCCCCCCCCCC. The van der Waals surface area contributed by atoms with E-state index >= 15 is 0 Å². The molecule has 364 valence electrons. The lowest BCUT2D eigenvalue weighted by atomic mass is 9.90. The molecule has 0 aromatic carbocycles. The molecule has 1 rings (SSSR count). The predicted molar refractivity (Wildman–Crippen MR) is 246 cm³/mol. The largest absolute Gasteiger partial charge is 0.481 e. The van der Waals surface area contributed by atoms with Gasteiger partial charge in [-0.25, -0.2) is 0 Å². The first-order valence-corrected chi connectivity index (χ1v) is 25.6. The first kappa shape index (κ1) is 57.7. The van der Waals surface area contributed by atoms with E-state index in [1.807, 2.05) is 0 Å². The third-order valence-electron chi connectivity index (χ3n) is 12.3. The molecule has 12 nitrogen and oxygen atoms in total. The van der Waals surface area contributed by atoms with Gasteiger partial charge in [-0.1, -0.05) is 194 Å². The van der Waals surface area contributed by atoms with Crippen molar-refractivity contribution in [3.05, 3.63) is 0 Å². The Morgan fingerprint density at radius 2 is 1.02 bits per heavy atom. The van der Waals surface area contributed by atoms with Crippen LogP contribution < -0.4 is 5.32 Å². The molecule has 1 fully saturated rings. The molecule has 1 saturated heterocycles. The standard InChI is InChI=1S/C50H93NO11/c1-4-7-10-13-16-19-20-23-26-29-32-35-46(57)60-41(34-31-28-25-22-18-15-12-9-6-3)37-47(58)62-50-48(42(38-45(55)56)61-43(39-52)49(50)59)51-44(54)36-40(53)33-30-27-24-21-17-14-11-8-5-2/h40-43,48-50,52-53,59H,4-39H2,1-3H3,(H,51,54)(H,55,56)/t40-,41-,42-,43+,48+,49-,50-/m1/s1. The van der Waals surface area contributed by atoms with Crippen LogP contribution in [0.1, 0.15) is 245 Å². The molecular formula is C50H93NO11. The molecule has 7 atom stereocenters. The second-order valence-electron chi connectivity index (χ2n) is 18.2. The van der Waals surface area contributed by atoms with E-state index in [0.717, 1.165) is 70.6 Å². The molecule has 0 saturated carbocycles.